The van der Waals surface area contributed by atoms with Crippen LogP contribution in [0.3, 0.4) is 0 Å². The van der Waals surface area contributed by atoms with Crippen LogP contribution in [0.25, 0.3) is 0 Å². The number of rotatable bonds is 4. The lowest BCUT2D eigenvalue weighted by Gasteiger charge is -2.30. The number of hydrogen-bond acceptors (Lipinski definition) is 4. The first-order chi connectivity index (χ1) is 11.5. The van der Waals surface area contributed by atoms with E-state index in [1.165, 1.54) is 12.8 Å². The van der Waals surface area contributed by atoms with Gasteiger partial charge in [0.05, 0.1) is 6.54 Å². The zero-order valence-corrected chi connectivity index (χ0v) is 15.5. The van der Waals surface area contributed by atoms with E-state index in [1.54, 1.807) is 4.57 Å². The molecule has 1 aromatic heterocycles. The van der Waals surface area contributed by atoms with Gasteiger partial charge in [0.1, 0.15) is 5.82 Å². The van der Waals surface area contributed by atoms with Gasteiger partial charge in [0.25, 0.3) is 0 Å². The molecule has 1 aliphatic heterocycles. The van der Waals surface area contributed by atoms with Crippen molar-refractivity contribution in [1.82, 2.24) is 14.5 Å². The lowest BCUT2D eigenvalue weighted by Crippen LogP contribution is -2.34. The molecule has 2 heterocycles. The summed E-state index contributed by atoms with van der Waals surface area (Å²) in [6.07, 6.45) is 4.29. The van der Waals surface area contributed by atoms with Gasteiger partial charge in [-0.05, 0) is 49.5 Å². The van der Waals surface area contributed by atoms with Crippen molar-refractivity contribution in [2.75, 3.05) is 18.8 Å². The summed E-state index contributed by atoms with van der Waals surface area (Å²) in [5, 5.41) is 0. The Hall–Kier alpha value is -1.66. The van der Waals surface area contributed by atoms with E-state index in [2.05, 4.69) is 32.7 Å². The maximum absolute atomic E-state index is 12.1. The fourth-order valence-electron chi connectivity index (χ4n) is 3.03. The maximum atomic E-state index is 12.1. The van der Waals surface area contributed by atoms with Crippen LogP contribution in [0.5, 0.6) is 0 Å². The van der Waals surface area contributed by atoms with E-state index in [4.69, 9.17) is 5.73 Å². The first-order valence-electron chi connectivity index (χ1n) is 8.34. The average molecular weight is 391 g/mol. The number of halogens is 1. The molecule has 3 rings (SSSR count). The number of likely N-dealkylation sites (tertiary alicyclic amines) is 1. The van der Waals surface area contributed by atoms with E-state index in [1.807, 2.05) is 30.5 Å². The van der Waals surface area contributed by atoms with Gasteiger partial charge in [-0.3, -0.25) is 9.47 Å². The fourth-order valence-corrected chi connectivity index (χ4v) is 3.30. The minimum Gasteiger partial charge on any atom is -0.383 e. The van der Waals surface area contributed by atoms with E-state index >= 15 is 0 Å². The van der Waals surface area contributed by atoms with Gasteiger partial charge in [-0.15, -0.1) is 0 Å². The van der Waals surface area contributed by atoms with Crippen molar-refractivity contribution < 1.29 is 0 Å². The van der Waals surface area contributed by atoms with E-state index in [0.29, 0.717) is 12.4 Å². The molecule has 0 aliphatic carbocycles. The number of nitrogens with two attached hydrogens (primary N) is 1. The number of piperidine rings is 1. The van der Waals surface area contributed by atoms with Crippen LogP contribution >= 0.6 is 15.9 Å². The topological polar surface area (TPSA) is 64.2 Å². The first-order valence-corrected chi connectivity index (χ1v) is 9.13. The molecule has 0 unspecified atom stereocenters. The summed E-state index contributed by atoms with van der Waals surface area (Å²) in [6.45, 7) is 5.71. The molecule has 2 N–H and O–H groups in total. The molecular formula is C18H23BrN4O. The molecule has 128 valence electrons. The predicted octanol–water partition coefficient (Wildman–Crippen LogP) is 2.87. The Kier molecular flexibility index (Phi) is 5.36. The molecule has 1 fully saturated rings. The summed E-state index contributed by atoms with van der Waals surface area (Å²) in [5.74, 6) is 1.15. The number of aromatic nitrogens is 2. The second-order valence-electron chi connectivity index (χ2n) is 6.65. The van der Waals surface area contributed by atoms with Crippen molar-refractivity contribution in [2.24, 2.45) is 5.92 Å². The Labute approximate surface area is 150 Å². The average Bonchev–Trinajstić information content (AvgIpc) is 2.56. The molecule has 1 aliphatic rings. The van der Waals surface area contributed by atoms with E-state index in [-0.39, 0.29) is 5.69 Å². The number of hydrogen-bond donors (Lipinski definition) is 1. The summed E-state index contributed by atoms with van der Waals surface area (Å²) in [6, 6.07) is 7.94. The molecule has 0 bridgehead atoms. The smallest absolute Gasteiger partial charge is 0.349 e. The molecule has 0 spiro atoms. The Morgan fingerprint density at radius 3 is 2.54 bits per heavy atom. The zero-order chi connectivity index (χ0) is 17.1. The second-order valence-corrected chi connectivity index (χ2v) is 7.56. The normalized spacial score (nSPS) is 16.4. The number of nitrogens with zero attached hydrogens (tertiary/aromatic N) is 3. The van der Waals surface area contributed by atoms with Crippen LogP contribution < -0.4 is 11.4 Å². The van der Waals surface area contributed by atoms with Crippen molar-refractivity contribution in [3.63, 3.8) is 0 Å². The quantitative estimate of drug-likeness (QED) is 0.871. The molecule has 0 atom stereocenters. The summed E-state index contributed by atoms with van der Waals surface area (Å²) >= 11 is 3.42. The predicted molar refractivity (Wildman–Crippen MR) is 99.8 cm³/mol. The van der Waals surface area contributed by atoms with Gasteiger partial charge in [0, 0.05) is 22.8 Å². The van der Waals surface area contributed by atoms with Crippen LogP contribution in [0.4, 0.5) is 5.82 Å². The van der Waals surface area contributed by atoms with Crippen LogP contribution in [0.15, 0.2) is 39.7 Å². The van der Waals surface area contributed by atoms with Crippen molar-refractivity contribution in [2.45, 2.75) is 32.9 Å². The minimum atomic E-state index is -0.300. The molecule has 1 saturated heterocycles. The van der Waals surface area contributed by atoms with Crippen LogP contribution in [0.1, 0.15) is 30.9 Å². The van der Waals surface area contributed by atoms with Gasteiger partial charge in [-0.2, -0.15) is 4.98 Å². The highest BCUT2D eigenvalue weighted by molar-refractivity contribution is 9.10. The van der Waals surface area contributed by atoms with Gasteiger partial charge >= 0.3 is 5.69 Å². The number of nitrogen functional groups attached to an aromatic ring is 1. The van der Waals surface area contributed by atoms with Crippen LogP contribution in [-0.4, -0.2) is 27.5 Å². The van der Waals surface area contributed by atoms with Crippen LogP contribution in [0.2, 0.25) is 0 Å². The number of benzene rings is 1. The highest BCUT2D eigenvalue weighted by atomic mass is 79.9. The van der Waals surface area contributed by atoms with Crippen LogP contribution in [0, 0.1) is 5.92 Å². The molecular weight excluding hydrogens is 368 g/mol. The summed E-state index contributed by atoms with van der Waals surface area (Å²) < 4.78 is 2.66. The summed E-state index contributed by atoms with van der Waals surface area (Å²) in [7, 11) is 0. The fraction of sp³-hybridized carbons (Fsp3) is 0.444. The standard InChI is InChI=1S/C18H23BrN4O/c1-13-6-8-22(9-7-13)11-15-12-23(18(24)21-17(15)20)10-14-2-4-16(19)5-3-14/h2-5,12-13H,6-11H2,1H3,(H2,20,21,24). The number of anilines is 1. The monoisotopic (exact) mass is 390 g/mol. The lowest BCUT2D eigenvalue weighted by atomic mass is 9.99. The molecule has 0 saturated carbocycles. The van der Waals surface area contributed by atoms with E-state index in [0.717, 1.165) is 41.2 Å². The molecule has 2 aromatic rings. The third kappa shape index (κ3) is 4.24. The van der Waals surface area contributed by atoms with Gasteiger partial charge in [0.2, 0.25) is 0 Å². The second kappa shape index (κ2) is 7.49. The van der Waals surface area contributed by atoms with Gasteiger partial charge in [-0.25, -0.2) is 4.79 Å². The Morgan fingerprint density at radius 1 is 1.21 bits per heavy atom. The van der Waals surface area contributed by atoms with Crippen LogP contribution in [-0.2, 0) is 13.1 Å². The third-order valence-corrected chi connectivity index (χ3v) is 5.17. The minimum absolute atomic E-state index is 0.300. The Morgan fingerprint density at radius 2 is 1.88 bits per heavy atom. The Bertz CT molecular complexity index is 749. The van der Waals surface area contributed by atoms with Gasteiger partial charge < -0.3 is 5.73 Å². The summed E-state index contributed by atoms with van der Waals surface area (Å²) in [4.78, 5) is 18.6. The molecule has 0 amide bonds. The summed E-state index contributed by atoms with van der Waals surface area (Å²) in [5.41, 5.74) is 7.68. The van der Waals surface area contributed by atoms with Crippen molar-refractivity contribution >= 4 is 21.7 Å². The molecule has 5 nitrogen and oxygen atoms in total. The lowest BCUT2D eigenvalue weighted by molar-refractivity contribution is 0.185. The molecule has 24 heavy (non-hydrogen) atoms. The molecule has 1 aromatic carbocycles. The van der Waals surface area contributed by atoms with Crippen molar-refractivity contribution in [3.8, 4) is 0 Å². The highest BCUT2D eigenvalue weighted by Gasteiger charge is 2.17. The molecule has 6 heteroatoms. The highest BCUT2D eigenvalue weighted by Crippen LogP contribution is 2.19. The Balaban J connectivity index is 1.78. The van der Waals surface area contributed by atoms with E-state index < -0.39 is 0 Å². The SMILES string of the molecule is CC1CCN(Cc2cn(Cc3ccc(Br)cc3)c(=O)nc2N)CC1. The largest absolute Gasteiger partial charge is 0.383 e. The third-order valence-electron chi connectivity index (χ3n) is 4.64. The van der Waals surface area contributed by atoms with E-state index in [9.17, 15) is 4.79 Å². The first kappa shape index (κ1) is 17.2. The van der Waals surface area contributed by atoms with Crippen molar-refractivity contribution in [3.05, 3.63) is 56.5 Å². The van der Waals surface area contributed by atoms with Gasteiger partial charge in [-0.1, -0.05) is 35.0 Å². The zero-order valence-electron chi connectivity index (χ0n) is 13.9. The van der Waals surface area contributed by atoms with Crippen molar-refractivity contribution in [1.29, 1.82) is 0 Å². The maximum Gasteiger partial charge on any atom is 0.349 e. The van der Waals surface area contributed by atoms with Gasteiger partial charge in [0.15, 0.2) is 0 Å². The molecule has 0 radical (unpaired) electrons.